The third-order valence-electron chi connectivity index (χ3n) is 2.44. The van der Waals surface area contributed by atoms with Crippen LogP contribution in [0.5, 0.6) is 0 Å². The van der Waals surface area contributed by atoms with Gasteiger partial charge in [-0.2, -0.15) is 0 Å². The highest BCUT2D eigenvalue weighted by atomic mass is 35.5. The van der Waals surface area contributed by atoms with E-state index in [1.807, 2.05) is 6.92 Å². The van der Waals surface area contributed by atoms with Crippen LogP contribution >= 0.6 is 34.8 Å². The van der Waals surface area contributed by atoms with Crippen molar-refractivity contribution in [2.75, 3.05) is 4.72 Å². The Morgan fingerprint density at radius 1 is 1.10 bits per heavy atom. The molecule has 2 aromatic rings. The first-order valence-electron chi connectivity index (χ1n) is 5.40. The van der Waals surface area contributed by atoms with Crippen LogP contribution in [-0.2, 0) is 10.0 Å². The molecule has 0 fully saturated rings. The molecule has 0 saturated heterocycles. The minimum atomic E-state index is -3.88. The maximum atomic E-state index is 12.2. The fourth-order valence-electron chi connectivity index (χ4n) is 1.50. The molecule has 0 radical (unpaired) electrons. The second-order valence-corrected chi connectivity index (χ2v) is 6.82. The molecule has 0 atom stereocenters. The summed E-state index contributed by atoms with van der Waals surface area (Å²) in [7, 11) is -3.88. The van der Waals surface area contributed by atoms with Crippen molar-refractivity contribution in [2.45, 2.75) is 11.8 Å². The molecule has 0 aliphatic rings. The lowest BCUT2D eigenvalue weighted by molar-refractivity contribution is 0.601. The van der Waals surface area contributed by atoms with Crippen LogP contribution in [0.4, 0.5) is 5.69 Å². The average Bonchev–Trinajstić information content (AvgIpc) is 2.32. The fraction of sp³-hybridized carbons (Fsp3) is 0.0833. The lowest BCUT2D eigenvalue weighted by Gasteiger charge is -2.11. The molecule has 0 bridgehead atoms. The van der Waals surface area contributed by atoms with Gasteiger partial charge in [0, 0.05) is 0 Å². The average molecular weight is 352 g/mol. The molecule has 2 rings (SSSR count). The van der Waals surface area contributed by atoms with Crippen molar-refractivity contribution >= 4 is 50.5 Å². The molecule has 0 spiro atoms. The van der Waals surface area contributed by atoms with Crippen LogP contribution in [0, 0.1) is 6.92 Å². The molecule has 1 N–H and O–H groups in total. The Labute approximate surface area is 131 Å². The SMILES string of the molecule is Cc1ccc(NS(=O)(=O)c2ccc(Cl)nc2Cl)c(Cl)c1. The number of nitrogens with one attached hydrogen (secondary N) is 1. The van der Waals surface area contributed by atoms with Crippen molar-refractivity contribution in [1.29, 1.82) is 0 Å². The van der Waals surface area contributed by atoms with E-state index in [9.17, 15) is 8.42 Å². The lowest BCUT2D eigenvalue weighted by Crippen LogP contribution is -2.14. The molecule has 1 aromatic heterocycles. The Bertz CT molecular complexity index is 763. The Hall–Kier alpha value is -1.01. The van der Waals surface area contributed by atoms with Crippen molar-refractivity contribution in [3.05, 3.63) is 51.2 Å². The fourth-order valence-corrected chi connectivity index (χ4v) is 3.58. The molecular weight excluding hydrogens is 343 g/mol. The molecule has 1 heterocycles. The number of hydrogen-bond acceptors (Lipinski definition) is 3. The lowest BCUT2D eigenvalue weighted by atomic mass is 10.2. The van der Waals surface area contributed by atoms with Gasteiger partial charge in [0.25, 0.3) is 10.0 Å². The summed E-state index contributed by atoms with van der Waals surface area (Å²) in [5, 5.41) is 0.210. The van der Waals surface area contributed by atoms with Crippen LogP contribution in [0.1, 0.15) is 5.56 Å². The molecule has 8 heteroatoms. The number of aromatic nitrogens is 1. The summed E-state index contributed by atoms with van der Waals surface area (Å²) in [5.74, 6) is 0. The zero-order valence-corrected chi connectivity index (χ0v) is 13.3. The Morgan fingerprint density at radius 3 is 2.40 bits per heavy atom. The van der Waals surface area contributed by atoms with Gasteiger partial charge in [-0.15, -0.1) is 0 Å². The first-order valence-corrected chi connectivity index (χ1v) is 8.02. The van der Waals surface area contributed by atoms with Crippen LogP contribution in [0.25, 0.3) is 0 Å². The Balaban J connectivity index is 2.41. The summed E-state index contributed by atoms with van der Waals surface area (Å²) in [6, 6.07) is 7.60. The van der Waals surface area contributed by atoms with Gasteiger partial charge in [0.05, 0.1) is 10.7 Å². The van der Waals surface area contributed by atoms with Gasteiger partial charge >= 0.3 is 0 Å². The van der Waals surface area contributed by atoms with E-state index in [1.165, 1.54) is 12.1 Å². The van der Waals surface area contributed by atoms with Gasteiger partial charge in [0.15, 0.2) is 5.15 Å². The normalized spacial score (nSPS) is 11.4. The first-order chi connectivity index (χ1) is 9.29. The van der Waals surface area contributed by atoms with E-state index in [1.54, 1.807) is 18.2 Å². The first kappa shape index (κ1) is 15.4. The van der Waals surface area contributed by atoms with Crippen LogP contribution in [0.15, 0.2) is 35.2 Å². The summed E-state index contributed by atoms with van der Waals surface area (Å²) >= 11 is 17.4. The van der Waals surface area contributed by atoms with Gasteiger partial charge in [-0.05, 0) is 36.8 Å². The largest absolute Gasteiger partial charge is 0.278 e. The number of pyridine rings is 1. The Kier molecular flexibility index (Phi) is 4.44. The van der Waals surface area contributed by atoms with Crippen molar-refractivity contribution in [3.8, 4) is 0 Å². The van der Waals surface area contributed by atoms with Gasteiger partial charge in [-0.25, -0.2) is 13.4 Å². The van der Waals surface area contributed by atoms with Crippen molar-refractivity contribution in [1.82, 2.24) is 4.98 Å². The summed E-state index contributed by atoms with van der Waals surface area (Å²) < 4.78 is 26.8. The topological polar surface area (TPSA) is 59.1 Å². The van der Waals surface area contributed by atoms with E-state index < -0.39 is 10.0 Å². The predicted molar refractivity (Wildman–Crippen MR) is 81.3 cm³/mol. The van der Waals surface area contributed by atoms with E-state index in [0.29, 0.717) is 5.02 Å². The van der Waals surface area contributed by atoms with Crippen molar-refractivity contribution < 1.29 is 8.42 Å². The minimum absolute atomic E-state index is 0.113. The van der Waals surface area contributed by atoms with Gasteiger partial charge in [0.1, 0.15) is 10.0 Å². The number of benzene rings is 1. The van der Waals surface area contributed by atoms with Crippen LogP contribution < -0.4 is 4.72 Å². The molecule has 4 nitrogen and oxygen atoms in total. The minimum Gasteiger partial charge on any atom is -0.278 e. The molecule has 0 aliphatic heterocycles. The summed E-state index contributed by atoms with van der Waals surface area (Å²) in [6.07, 6.45) is 0. The molecule has 0 unspecified atom stereocenters. The monoisotopic (exact) mass is 350 g/mol. The van der Waals surface area contributed by atoms with Gasteiger partial charge in [-0.1, -0.05) is 40.9 Å². The highest BCUT2D eigenvalue weighted by molar-refractivity contribution is 7.92. The third-order valence-corrected chi connectivity index (χ3v) is 4.76. The third kappa shape index (κ3) is 3.35. The summed E-state index contributed by atoms with van der Waals surface area (Å²) in [6.45, 7) is 1.85. The number of nitrogens with zero attached hydrogens (tertiary/aromatic N) is 1. The van der Waals surface area contributed by atoms with Gasteiger partial charge < -0.3 is 0 Å². The molecule has 0 amide bonds. The van der Waals surface area contributed by atoms with Crippen LogP contribution in [0.2, 0.25) is 15.3 Å². The second kappa shape index (κ2) is 5.77. The number of aryl methyl sites for hydroxylation is 1. The Morgan fingerprint density at radius 2 is 1.80 bits per heavy atom. The molecule has 20 heavy (non-hydrogen) atoms. The second-order valence-electron chi connectivity index (χ2n) is 4.01. The highest BCUT2D eigenvalue weighted by Gasteiger charge is 2.20. The van der Waals surface area contributed by atoms with E-state index in [-0.39, 0.29) is 20.9 Å². The number of hydrogen-bond donors (Lipinski definition) is 1. The van der Waals surface area contributed by atoms with E-state index >= 15 is 0 Å². The molecule has 1 aromatic carbocycles. The molecule has 0 saturated carbocycles. The summed E-state index contributed by atoms with van der Waals surface area (Å²) in [5.41, 5.74) is 1.19. The van der Waals surface area contributed by atoms with Crippen LogP contribution in [-0.4, -0.2) is 13.4 Å². The maximum absolute atomic E-state index is 12.2. The number of rotatable bonds is 3. The maximum Gasteiger partial charge on any atom is 0.265 e. The van der Waals surface area contributed by atoms with E-state index in [2.05, 4.69) is 9.71 Å². The molecule has 0 aliphatic carbocycles. The number of anilines is 1. The summed E-state index contributed by atoms with van der Waals surface area (Å²) in [4.78, 5) is 3.53. The molecule has 106 valence electrons. The number of sulfonamides is 1. The number of halogens is 3. The van der Waals surface area contributed by atoms with Gasteiger partial charge in [0.2, 0.25) is 0 Å². The van der Waals surface area contributed by atoms with E-state index in [0.717, 1.165) is 5.56 Å². The predicted octanol–water partition coefficient (Wildman–Crippen LogP) is 4.15. The van der Waals surface area contributed by atoms with Crippen molar-refractivity contribution in [3.63, 3.8) is 0 Å². The van der Waals surface area contributed by atoms with Crippen molar-refractivity contribution in [2.24, 2.45) is 0 Å². The zero-order valence-electron chi connectivity index (χ0n) is 10.2. The van der Waals surface area contributed by atoms with Crippen LogP contribution in [0.3, 0.4) is 0 Å². The highest BCUT2D eigenvalue weighted by Crippen LogP contribution is 2.28. The van der Waals surface area contributed by atoms with E-state index in [4.69, 9.17) is 34.8 Å². The quantitative estimate of drug-likeness (QED) is 0.845. The zero-order chi connectivity index (χ0) is 14.9. The van der Waals surface area contributed by atoms with Gasteiger partial charge in [-0.3, -0.25) is 4.72 Å². The molecular formula is C12H9Cl3N2O2S. The smallest absolute Gasteiger partial charge is 0.265 e. The standard InChI is InChI=1S/C12H9Cl3N2O2S/c1-7-2-3-9(8(13)6-7)17-20(18,19)10-4-5-11(14)16-12(10)15/h2-6,17H,1H3.